The van der Waals surface area contributed by atoms with Crippen molar-refractivity contribution in [2.45, 2.75) is 13.3 Å². The number of nitrogens with zero attached hydrogens (tertiary/aromatic N) is 1. The molecule has 0 aliphatic carbocycles. The lowest BCUT2D eigenvalue weighted by Gasteiger charge is -2.10. The number of hydrogen-bond donors (Lipinski definition) is 3. The number of phenols is 1. The highest BCUT2D eigenvalue weighted by molar-refractivity contribution is 6.10. The van der Waals surface area contributed by atoms with Gasteiger partial charge in [0.05, 0.1) is 0 Å². The number of allylic oxidation sites excluding steroid dienone is 2. The highest BCUT2D eigenvalue weighted by atomic mass is 16.3. The van der Waals surface area contributed by atoms with Crippen LogP contribution in [0.4, 0.5) is 5.69 Å². The molecule has 0 saturated heterocycles. The zero-order chi connectivity index (χ0) is 15.2. The lowest BCUT2D eigenvalue weighted by Crippen LogP contribution is -1.97. The maximum atomic E-state index is 9.66. The number of hydrogen-bond acceptors (Lipinski definition) is 4. The van der Waals surface area contributed by atoms with Gasteiger partial charge in [-0.3, -0.25) is 4.98 Å². The molecular formula is C17H19N3O. The Morgan fingerprint density at radius 1 is 1.33 bits per heavy atom. The molecular weight excluding hydrogens is 262 g/mol. The molecule has 2 rings (SSSR count). The molecule has 21 heavy (non-hydrogen) atoms. The smallest absolute Gasteiger partial charge is 0.116 e. The molecule has 0 aliphatic heterocycles. The minimum atomic E-state index is 0.186. The Morgan fingerprint density at radius 3 is 2.81 bits per heavy atom. The maximum Gasteiger partial charge on any atom is 0.116 e. The second-order valence-electron chi connectivity index (χ2n) is 4.76. The van der Waals surface area contributed by atoms with Crippen LogP contribution >= 0.6 is 0 Å². The van der Waals surface area contributed by atoms with Crippen molar-refractivity contribution in [3.63, 3.8) is 0 Å². The van der Waals surface area contributed by atoms with Gasteiger partial charge in [-0.25, -0.2) is 0 Å². The summed E-state index contributed by atoms with van der Waals surface area (Å²) in [7, 11) is 1.82. The van der Waals surface area contributed by atoms with Crippen LogP contribution in [-0.2, 0) is 6.42 Å². The monoisotopic (exact) mass is 281 g/mol. The predicted molar refractivity (Wildman–Crippen MR) is 87.1 cm³/mol. The fourth-order valence-electron chi connectivity index (χ4n) is 2.16. The molecule has 4 heteroatoms. The van der Waals surface area contributed by atoms with Crippen LogP contribution in [0.25, 0.3) is 5.57 Å². The van der Waals surface area contributed by atoms with E-state index in [9.17, 15) is 5.11 Å². The fraction of sp³-hybridized carbons (Fsp3) is 0.176. The van der Waals surface area contributed by atoms with Gasteiger partial charge in [0.1, 0.15) is 5.75 Å². The van der Waals surface area contributed by atoms with Gasteiger partial charge in [0.2, 0.25) is 0 Å². The molecule has 1 aromatic heterocycles. The first-order chi connectivity index (χ1) is 10.1. The number of rotatable bonds is 5. The second kappa shape index (κ2) is 6.70. The zero-order valence-corrected chi connectivity index (χ0v) is 12.2. The third-order valence-electron chi connectivity index (χ3n) is 3.22. The SMILES string of the molecule is CNc1ccc(O)cc1/C(C=N)=C/Cc1cccc(C)n1. The highest BCUT2D eigenvalue weighted by Crippen LogP contribution is 2.27. The molecule has 0 radical (unpaired) electrons. The maximum absolute atomic E-state index is 9.66. The van der Waals surface area contributed by atoms with E-state index in [0.717, 1.165) is 28.2 Å². The third-order valence-corrected chi connectivity index (χ3v) is 3.22. The topological polar surface area (TPSA) is 69.0 Å². The molecule has 0 aliphatic rings. The van der Waals surface area contributed by atoms with E-state index in [1.807, 2.05) is 38.2 Å². The van der Waals surface area contributed by atoms with Gasteiger partial charge in [0, 0.05) is 42.3 Å². The number of aryl methyl sites for hydroxylation is 1. The predicted octanol–water partition coefficient (Wildman–Crippen LogP) is 3.41. The van der Waals surface area contributed by atoms with Crippen LogP contribution < -0.4 is 5.32 Å². The number of pyridine rings is 1. The van der Waals surface area contributed by atoms with Crippen molar-refractivity contribution < 1.29 is 5.11 Å². The quantitative estimate of drug-likeness (QED) is 0.581. The number of aromatic hydroxyl groups is 1. The van der Waals surface area contributed by atoms with Crippen LogP contribution in [0.15, 0.2) is 42.5 Å². The molecule has 0 fully saturated rings. The number of anilines is 1. The van der Waals surface area contributed by atoms with Crippen molar-refractivity contribution in [3.05, 3.63) is 59.4 Å². The Bertz CT molecular complexity index is 677. The largest absolute Gasteiger partial charge is 0.508 e. The molecule has 2 aromatic rings. The third kappa shape index (κ3) is 3.69. The van der Waals surface area contributed by atoms with E-state index >= 15 is 0 Å². The van der Waals surface area contributed by atoms with Crippen LogP contribution in [0.3, 0.4) is 0 Å². The Kier molecular flexibility index (Phi) is 4.72. The molecule has 108 valence electrons. The van der Waals surface area contributed by atoms with E-state index in [4.69, 9.17) is 5.41 Å². The van der Waals surface area contributed by atoms with Gasteiger partial charge in [-0.05, 0) is 42.8 Å². The molecule has 1 heterocycles. The average Bonchev–Trinajstić information content (AvgIpc) is 2.48. The Hall–Kier alpha value is -2.62. The van der Waals surface area contributed by atoms with Gasteiger partial charge in [0.15, 0.2) is 0 Å². The van der Waals surface area contributed by atoms with Gasteiger partial charge < -0.3 is 15.8 Å². The zero-order valence-electron chi connectivity index (χ0n) is 12.2. The molecule has 4 nitrogen and oxygen atoms in total. The Labute approximate surface area is 124 Å². The first-order valence-electron chi connectivity index (χ1n) is 6.78. The van der Waals surface area contributed by atoms with Gasteiger partial charge in [-0.1, -0.05) is 12.1 Å². The Morgan fingerprint density at radius 2 is 2.14 bits per heavy atom. The Balaban J connectivity index is 2.33. The van der Waals surface area contributed by atoms with Gasteiger partial charge in [-0.2, -0.15) is 0 Å². The van der Waals surface area contributed by atoms with Crippen molar-refractivity contribution in [2.75, 3.05) is 12.4 Å². The molecule has 0 bridgehead atoms. The van der Waals surface area contributed by atoms with Crippen LogP contribution in [0.1, 0.15) is 17.0 Å². The normalized spacial score (nSPS) is 11.2. The van der Waals surface area contributed by atoms with Crippen molar-refractivity contribution in [3.8, 4) is 5.75 Å². The summed E-state index contributed by atoms with van der Waals surface area (Å²) in [5.41, 5.74) is 4.37. The van der Waals surface area contributed by atoms with E-state index in [2.05, 4.69) is 10.3 Å². The average molecular weight is 281 g/mol. The molecule has 0 amide bonds. The van der Waals surface area contributed by atoms with E-state index in [0.29, 0.717) is 6.42 Å². The molecule has 3 N–H and O–H groups in total. The standard InChI is InChI=1S/C17H19N3O/c1-12-4-3-5-14(20-12)7-6-13(11-18)16-10-15(21)8-9-17(16)19-2/h3-6,8-11,18-19,21H,7H2,1-2H3/b13-6+,18-11?. The summed E-state index contributed by atoms with van der Waals surface area (Å²) in [6.07, 6.45) is 3.89. The summed E-state index contributed by atoms with van der Waals surface area (Å²) >= 11 is 0. The fourth-order valence-corrected chi connectivity index (χ4v) is 2.16. The first-order valence-corrected chi connectivity index (χ1v) is 6.78. The van der Waals surface area contributed by atoms with Crippen LogP contribution in [0, 0.1) is 12.3 Å². The lowest BCUT2D eigenvalue weighted by atomic mass is 10.0. The molecule has 0 saturated carbocycles. The van der Waals surface area contributed by atoms with Gasteiger partial charge in [0.25, 0.3) is 0 Å². The van der Waals surface area contributed by atoms with Crippen LogP contribution in [0.2, 0.25) is 0 Å². The number of aromatic nitrogens is 1. The van der Waals surface area contributed by atoms with Crippen molar-refractivity contribution >= 4 is 17.5 Å². The first kappa shape index (κ1) is 14.8. The van der Waals surface area contributed by atoms with Crippen molar-refractivity contribution in [1.82, 2.24) is 4.98 Å². The van der Waals surface area contributed by atoms with Crippen molar-refractivity contribution in [2.24, 2.45) is 0 Å². The minimum Gasteiger partial charge on any atom is -0.508 e. The molecule has 0 unspecified atom stereocenters. The number of phenolic OH excluding ortho intramolecular Hbond substituents is 1. The lowest BCUT2D eigenvalue weighted by molar-refractivity contribution is 0.475. The number of benzene rings is 1. The van der Waals surface area contributed by atoms with Crippen LogP contribution in [-0.4, -0.2) is 23.4 Å². The summed E-state index contributed by atoms with van der Waals surface area (Å²) in [6, 6.07) is 11.0. The second-order valence-corrected chi connectivity index (χ2v) is 4.76. The van der Waals surface area contributed by atoms with Gasteiger partial charge in [-0.15, -0.1) is 0 Å². The van der Waals surface area contributed by atoms with E-state index in [1.165, 1.54) is 6.21 Å². The summed E-state index contributed by atoms with van der Waals surface area (Å²) in [6.45, 7) is 1.96. The molecule has 1 aromatic carbocycles. The van der Waals surface area contributed by atoms with E-state index in [1.54, 1.807) is 18.2 Å². The molecule has 0 spiro atoms. The van der Waals surface area contributed by atoms with Crippen LogP contribution in [0.5, 0.6) is 5.75 Å². The minimum absolute atomic E-state index is 0.186. The van der Waals surface area contributed by atoms with Gasteiger partial charge >= 0.3 is 0 Å². The summed E-state index contributed by atoms with van der Waals surface area (Å²) < 4.78 is 0. The van der Waals surface area contributed by atoms with E-state index < -0.39 is 0 Å². The highest BCUT2D eigenvalue weighted by Gasteiger charge is 2.06. The summed E-state index contributed by atoms with van der Waals surface area (Å²) in [5, 5.41) is 20.4. The summed E-state index contributed by atoms with van der Waals surface area (Å²) in [5.74, 6) is 0.186. The number of nitrogens with one attached hydrogen (secondary N) is 2. The molecule has 0 atom stereocenters. The van der Waals surface area contributed by atoms with E-state index in [-0.39, 0.29) is 5.75 Å². The van der Waals surface area contributed by atoms with Crippen molar-refractivity contribution in [1.29, 1.82) is 5.41 Å². The summed E-state index contributed by atoms with van der Waals surface area (Å²) in [4.78, 5) is 4.45.